The van der Waals surface area contributed by atoms with Crippen LogP contribution in [0.2, 0.25) is 0 Å². The molecule has 1 heterocycles. The molecule has 1 rings (SSSR count). The minimum Gasteiger partial charge on any atom is -0.168 e. The van der Waals surface area contributed by atoms with Crippen LogP contribution in [0.15, 0.2) is 0 Å². The Labute approximate surface area is 71.4 Å². The average Bonchev–Trinajstić information content (AvgIpc) is 2.33. The summed E-state index contributed by atoms with van der Waals surface area (Å²) in [5, 5.41) is 11.9. The summed E-state index contributed by atoms with van der Waals surface area (Å²) in [4.78, 5) is 1.59. The molecule has 11 heavy (non-hydrogen) atoms. The first-order valence-corrected chi connectivity index (χ1v) is 4.10. The van der Waals surface area contributed by atoms with E-state index >= 15 is 0 Å². The molecule has 62 valence electrons. The lowest BCUT2D eigenvalue weighted by molar-refractivity contribution is 0.453. The van der Waals surface area contributed by atoms with Crippen LogP contribution in [0.5, 0.6) is 0 Å². The van der Waals surface area contributed by atoms with Crippen LogP contribution in [0, 0.1) is 0 Å². The van der Waals surface area contributed by atoms with Gasteiger partial charge in [-0.2, -0.15) is 17.4 Å². The normalized spacial score (nSPS) is 13.9. The summed E-state index contributed by atoms with van der Waals surface area (Å²) in [6.45, 7) is 5.94. The van der Waals surface area contributed by atoms with Gasteiger partial charge in [-0.25, -0.2) is 0 Å². The maximum absolute atomic E-state index is 4.19. The van der Waals surface area contributed by atoms with Crippen LogP contribution >= 0.6 is 12.6 Å². The van der Waals surface area contributed by atoms with Crippen molar-refractivity contribution in [2.75, 3.05) is 0 Å². The smallest absolute Gasteiger partial charge is 0.168 e. The van der Waals surface area contributed by atoms with Crippen LogP contribution in [-0.2, 0) is 0 Å². The molecule has 0 amide bonds. The van der Waals surface area contributed by atoms with E-state index in [9.17, 15) is 0 Å². The third-order valence-corrected chi connectivity index (χ3v) is 1.51. The van der Waals surface area contributed by atoms with Gasteiger partial charge in [-0.1, -0.05) is 0 Å². The van der Waals surface area contributed by atoms with Gasteiger partial charge in [0.05, 0.1) is 11.3 Å². The molecule has 1 unspecified atom stereocenters. The SMILES string of the molecule is CC(S)c1nnn(C(C)C)n1. The van der Waals surface area contributed by atoms with Gasteiger partial charge < -0.3 is 0 Å². The Morgan fingerprint density at radius 2 is 2.00 bits per heavy atom. The molecule has 1 aromatic rings. The van der Waals surface area contributed by atoms with Crippen LogP contribution in [0.3, 0.4) is 0 Å². The third kappa shape index (κ3) is 1.92. The van der Waals surface area contributed by atoms with Crippen molar-refractivity contribution in [1.29, 1.82) is 0 Å². The van der Waals surface area contributed by atoms with Gasteiger partial charge in [-0.15, -0.1) is 10.2 Å². The highest BCUT2D eigenvalue weighted by molar-refractivity contribution is 7.80. The fourth-order valence-electron chi connectivity index (χ4n) is 0.622. The summed E-state index contributed by atoms with van der Waals surface area (Å²) in [5.74, 6) is 0.682. The Hall–Kier alpha value is -0.580. The molecule has 0 fully saturated rings. The Morgan fingerprint density at radius 3 is 2.27 bits per heavy atom. The third-order valence-electron chi connectivity index (χ3n) is 1.28. The van der Waals surface area contributed by atoms with Gasteiger partial charge in [0, 0.05) is 0 Å². The van der Waals surface area contributed by atoms with Gasteiger partial charge in [-0.3, -0.25) is 0 Å². The first kappa shape index (κ1) is 8.52. The summed E-state index contributed by atoms with van der Waals surface area (Å²) in [5.41, 5.74) is 0. The zero-order valence-corrected chi connectivity index (χ0v) is 7.79. The molecule has 0 bridgehead atoms. The zero-order chi connectivity index (χ0) is 8.43. The predicted molar refractivity (Wildman–Crippen MR) is 45.6 cm³/mol. The van der Waals surface area contributed by atoms with Crippen molar-refractivity contribution in [2.45, 2.75) is 32.1 Å². The van der Waals surface area contributed by atoms with Crippen LogP contribution in [0.1, 0.15) is 37.9 Å². The summed E-state index contributed by atoms with van der Waals surface area (Å²) in [6.07, 6.45) is 0. The highest BCUT2D eigenvalue weighted by Crippen LogP contribution is 2.12. The summed E-state index contributed by atoms with van der Waals surface area (Å²) in [6, 6.07) is 0.267. The number of thiol groups is 1. The van der Waals surface area contributed by atoms with E-state index in [0.29, 0.717) is 5.82 Å². The summed E-state index contributed by atoms with van der Waals surface area (Å²) >= 11 is 4.19. The number of rotatable bonds is 2. The molecule has 0 aliphatic heterocycles. The van der Waals surface area contributed by atoms with E-state index in [4.69, 9.17) is 0 Å². The molecule has 0 aliphatic rings. The van der Waals surface area contributed by atoms with Crippen LogP contribution in [-0.4, -0.2) is 20.2 Å². The largest absolute Gasteiger partial charge is 0.187 e. The van der Waals surface area contributed by atoms with Gasteiger partial charge in [0.2, 0.25) is 0 Å². The van der Waals surface area contributed by atoms with E-state index in [0.717, 1.165) is 0 Å². The number of tetrazole rings is 1. The molecular formula is C6H12N4S. The second kappa shape index (κ2) is 3.21. The highest BCUT2D eigenvalue weighted by atomic mass is 32.1. The fourth-order valence-corrected chi connectivity index (χ4v) is 0.726. The fraction of sp³-hybridized carbons (Fsp3) is 0.833. The average molecular weight is 172 g/mol. The molecule has 0 saturated carbocycles. The lowest BCUT2D eigenvalue weighted by Crippen LogP contribution is -2.05. The Morgan fingerprint density at radius 1 is 1.36 bits per heavy atom. The van der Waals surface area contributed by atoms with Gasteiger partial charge in [0.1, 0.15) is 0 Å². The standard InChI is InChI=1S/C6H12N4S/c1-4(2)10-8-6(5(3)11)7-9-10/h4-5,11H,1-3H3. The maximum Gasteiger partial charge on any atom is 0.187 e. The molecule has 0 aromatic carbocycles. The van der Waals surface area contributed by atoms with Crippen molar-refractivity contribution in [3.63, 3.8) is 0 Å². The quantitative estimate of drug-likeness (QED) is 0.683. The van der Waals surface area contributed by atoms with E-state index in [1.165, 1.54) is 0 Å². The monoisotopic (exact) mass is 172 g/mol. The topological polar surface area (TPSA) is 43.6 Å². The lowest BCUT2D eigenvalue weighted by Gasteiger charge is -1.99. The van der Waals surface area contributed by atoms with E-state index in [1.807, 2.05) is 20.8 Å². The Balaban J connectivity index is 2.82. The second-order valence-electron chi connectivity index (χ2n) is 2.74. The zero-order valence-electron chi connectivity index (χ0n) is 6.89. The molecule has 0 spiro atoms. The van der Waals surface area contributed by atoms with Crippen molar-refractivity contribution < 1.29 is 0 Å². The molecule has 0 N–H and O–H groups in total. The van der Waals surface area contributed by atoms with E-state index in [2.05, 4.69) is 28.0 Å². The molecule has 1 atom stereocenters. The highest BCUT2D eigenvalue weighted by Gasteiger charge is 2.08. The molecule has 4 nitrogen and oxygen atoms in total. The van der Waals surface area contributed by atoms with Crippen molar-refractivity contribution in [2.24, 2.45) is 0 Å². The molecule has 1 aromatic heterocycles. The van der Waals surface area contributed by atoms with Crippen molar-refractivity contribution in [3.8, 4) is 0 Å². The first-order chi connectivity index (χ1) is 5.11. The van der Waals surface area contributed by atoms with Gasteiger partial charge >= 0.3 is 0 Å². The van der Waals surface area contributed by atoms with E-state index in [-0.39, 0.29) is 11.3 Å². The maximum atomic E-state index is 4.19. The van der Waals surface area contributed by atoms with Crippen molar-refractivity contribution >= 4 is 12.6 Å². The molecule has 0 saturated heterocycles. The molecule has 5 heteroatoms. The first-order valence-electron chi connectivity index (χ1n) is 3.58. The van der Waals surface area contributed by atoms with Crippen LogP contribution in [0.25, 0.3) is 0 Å². The number of aromatic nitrogens is 4. The van der Waals surface area contributed by atoms with Gasteiger partial charge in [-0.05, 0) is 26.0 Å². The van der Waals surface area contributed by atoms with Crippen LogP contribution in [0.4, 0.5) is 0 Å². The minimum absolute atomic E-state index is 0.0579. The van der Waals surface area contributed by atoms with Crippen molar-refractivity contribution in [1.82, 2.24) is 20.2 Å². The molecule has 0 radical (unpaired) electrons. The molecular weight excluding hydrogens is 160 g/mol. The van der Waals surface area contributed by atoms with E-state index in [1.54, 1.807) is 4.80 Å². The van der Waals surface area contributed by atoms with E-state index < -0.39 is 0 Å². The summed E-state index contributed by atoms with van der Waals surface area (Å²) < 4.78 is 0. The lowest BCUT2D eigenvalue weighted by atomic mass is 10.4. The number of hydrogen-bond acceptors (Lipinski definition) is 4. The second-order valence-corrected chi connectivity index (χ2v) is 3.51. The van der Waals surface area contributed by atoms with Gasteiger partial charge in [0.25, 0.3) is 0 Å². The summed E-state index contributed by atoms with van der Waals surface area (Å²) in [7, 11) is 0. The molecule has 0 aliphatic carbocycles. The Bertz CT molecular complexity index is 208. The predicted octanol–water partition coefficient (Wildman–Crippen LogP) is 1.24. The van der Waals surface area contributed by atoms with Crippen molar-refractivity contribution in [3.05, 3.63) is 5.82 Å². The minimum atomic E-state index is 0.0579. The number of nitrogens with zero attached hydrogens (tertiary/aromatic N) is 4. The van der Waals surface area contributed by atoms with Crippen LogP contribution < -0.4 is 0 Å². The Kier molecular flexibility index (Phi) is 2.49. The number of hydrogen-bond donors (Lipinski definition) is 1. The van der Waals surface area contributed by atoms with Gasteiger partial charge in [0.15, 0.2) is 5.82 Å².